The maximum absolute atomic E-state index is 5.40. The van der Waals surface area contributed by atoms with E-state index in [-0.39, 0.29) is 0 Å². The highest BCUT2D eigenvalue weighted by atomic mass is 15.4. The van der Waals surface area contributed by atoms with E-state index in [4.69, 9.17) is 5.84 Å². The van der Waals surface area contributed by atoms with Gasteiger partial charge in [0.2, 0.25) is 17.8 Å². The Balaban J connectivity index is 1.81. The van der Waals surface area contributed by atoms with E-state index < -0.39 is 0 Å². The molecule has 0 radical (unpaired) electrons. The fourth-order valence-electron chi connectivity index (χ4n) is 2.25. The zero-order valence-electron chi connectivity index (χ0n) is 11.4. The van der Waals surface area contributed by atoms with Crippen LogP contribution in [0.5, 0.6) is 0 Å². The van der Waals surface area contributed by atoms with Crippen molar-refractivity contribution in [3.05, 3.63) is 18.7 Å². The highest BCUT2D eigenvalue weighted by Gasteiger charge is 2.31. The minimum atomic E-state index is 0.324. The summed E-state index contributed by atoms with van der Waals surface area (Å²) in [6.45, 7) is 3.12. The fraction of sp³-hybridized carbons (Fsp3) is 0.500. The van der Waals surface area contributed by atoms with Crippen molar-refractivity contribution in [2.24, 2.45) is 11.3 Å². The molecule has 0 bridgehead atoms. The molecule has 0 unspecified atom stereocenters. The first-order valence-corrected chi connectivity index (χ1v) is 6.63. The number of aromatic nitrogens is 5. The molecular formula is C12H18N8. The molecule has 3 rings (SSSR count). The molecule has 0 spiro atoms. The van der Waals surface area contributed by atoms with E-state index in [1.54, 1.807) is 23.3 Å². The van der Waals surface area contributed by atoms with Crippen LogP contribution in [0.1, 0.15) is 26.2 Å². The molecular weight excluding hydrogens is 256 g/mol. The molecule has 0 saturated heterocycles. The summed E-state index contributed by atoms with van der Waals surface area (Å²) in [7, 11) is 0. The SMILES string of the molecule is CC1(CNc2nc(NN)nc(-n3ccnc3)n2)CCC1. The third-order valence-electron chi connectivity index (χ3n) is 3.72. The Morgan fingerprint density at radius 2 is 2.10 bits per heavy atom. The van der Waals surface area contributed by atoms with Crippen molar-refractivity contribution in [1.29, 1.82) is 0 Å². The van der Waals surface area contributed by atoms with Gasteiger partial charge in [0.1, 0.15) is 6.33 Å². The second-order valence-electron chi connectivity index (χ2n) is 5.41. The molecule has 1 fully saturated rings. The smallest absolute Gasteiger partial charge is 0.243 e. The molecule has 106 valence electrons. The number of rotatable bonds is 5. The van der Waals surface area contributed by atoms with Gasteiger partial charge in [-0.15, -0.1) is 0 Å². The summed E-state index contributed by atoms with van der Waals surface area (Å²) in [4.78, 5) is 16.8. The molecule has 1 aliphatic rings. The third-order valence-corrected chi connectivity index (χ3v) is 3.72. The van der Waals surface area contributed by atoms with Crippen molar-refractivity contribution in [1.82, 2.24) is 24.5 Å². The Kier molecular flexibility index (Phi) is 3.23. The lowest BCUT2D eigenvalue weighted by molar-refractivity contribution is 0.179. The van der Waals surface area contributed by atoms with Crippen molar-refractivity contribution >= 4 is 11.9 Å². The lowest BCUT2D eigenvalue weighted by Gasteiger charge is -2.38. The second-order valence-corrected chi connectivity index (χ2v) is 5.41. The average Bonchev–Trinajstić information content (AvgIpc) is 2.97. The molecule has 4 N–H and O–H groups in total. The summed E-state index contributed by atoms with van der Waals surface area (Å²) in [5, 5.41) is 3.27. The van der Waals surface area contributed by atoms with Crippen LogP contribution in [0, 0.1) is 5.41 Å². The van der Waals surface area contributed by atoms with E-state index in [1.165, 1.54) is 19.3 Å². The fourth-order valence-corrected chi connectivity index (χ4v) is 2.25. The molecule has 8 nitrogen and oxygen atoms in total. The van der Waals surface area contributed by atoms with Crippen molar-refractivity contribution in [3.63, 3.8) is 0 Å². The zero-order valence-corrected chi connectivity index (χ0v) is 11.4. The summed E-state index contributed by atoms with van der Waals surface area (Å²) >= 11 is 0. The summed E-state index contributed by atoms with van der Waals surface area (Å²) in [6.07, 6.45) is 8.84. The van der Waals surface area contributed by atoms with Gasteiger partial charge in [-0.2, -0.15) is 15.0 Å². The van der Waals surface area contributed by atoms with E-state index in [1.807, 2.05) is 0 Å². The Labute approximate surface area is 116 Å². The van der Waals surface area contributed by atoms with Gasteiger partial charge in [-0.1, -0.05) is 13.3 Å². The van der Waals surface area contributed by atoms with Crippen LogP contribution in [0.4, 0.5) is 11.9 Å². The quantitative estimate of drug-likeness (QED) is 0.550. The van der Waals surface area contributed by atoms with Crippen LogP contribution < -0.4 is 16.6 Å². The first-order chi connectivity index (χ1) is 9.68. The molecule has 2 heterocycles. The monoisotopic (exact) mass is 274 g/mol. The lowest BCUT2D eigenvalue weighted by atomic mass is 9.70. The predicted molar refractivity (Wildman–Crippen MR) is 75.2 cm³/mol. The van der Waals surface area contributed by atoms with Crippen LogP contribution in [0.2, 0.25) is 0 Å². The number of hydrogen-bond acceptors (Lipinski definition) is 7. The Bertz CT molecular complexity index is 575. The average molecular weight is 274 g/mol. The molecule has 2 aromatic heterocycles. The van der Waals surface area contributed by atoms with Gasteiger partial charge in [0.15, 0.2) is 0 Å². The Morgan fingerprint density at radius 3 is 2.70 bits per heavy atom. The van der Waals surface area contributed by atoms with Crippen LogP contribution >= 0.6 is 0 Å². The second kappa shape index (κ2) is 5.04. The van der Waals surface area contributed by atoms with Crippen LogP contribution in [0.3, 0.4) is 0 Å². The summed E-state index contributed by atoms with van der Waals surface area (Å²) < 4.78 is 1.71. The normalized spacial score (nSPS) is 16.5. The van der Waals surface area contributed by atoms with Crippen LogP contribution in [0.25, 0.3) is 5.95 Å². The zero-order chi connectivity index (χ0) is 14.0. The summed E-state index contributed by atoms with van der Waals surface area (Å²) in [5.41, 5.74) is 2.80. The van der Waals surface area contributed by atoms with Crippen molar-refractivity contribution in [3.8, 4) is 5.95 Å². The van der Waals surface area contributed by atoms with Crippen molar-refractivity contribution in [2.75, 3.05) is 17.3 Å². The number of hydrazine groups is 1. The molecule has 0 aliphatic heterocycles. The first kappa shape index (κ1) is 12.8. The maximum Gasteiger partial charge on any atom is 0.243 e. The lowest BCUT2D eigenvalue weighted by Crippen LogP contribution is -2.33. The van der Waals surface area contributed by atoms with E-state index in [2.05, 4.69) is 37.6 Å². The van der Waals surface area contributed by atoms with Gasteiger partial charge in [-0.05, 0) is 18.3 Å². The van der Waals surface area contributed by atoms with Gasteiger partial charge in [-0.3, -0.25) is 9.99 Å². The molecule has 0 amide bonds. The topological polar surface area (TPSA) is 107 Å². The highest BCUT2D eigenvalue weighted by Crippen LogP contribution is 2.39. The number of nitrogens with zero attached hydrogens (tertiary/aromatic N) is 5. The number of nitrogens with one attached hydrogen (secondary N) is 2. The van der Waals surface area contributed by atoms with Gasteiger partial charge >= 0.3 is 0 Å². The van der Waals surface area contributed by atoms with Crippen molar-refractivity contribution < 1.29 is 0 Å². The van der Waals surface area contributed by atoms with Crippen LogP contribution in [0.15, 0.2) is 18.7 Å². The molecule has 20 heavy (non-hydrogen) atoms. The summed E-state index contributed by atoms with van der Waals surface area (Å²) in [5.74, 6) is 6.73. The molecule has 0 atom stereocenters. The van der Waals surface area contributed by atoms with Crippen LogP contribution in [-0.2, 0) is 0 Å². The minimum Gasteiger partial charge on any atom is -0.353 e. The third kappa shape index (κ3) is 2.55. The molecule has 1 saturated carbocycles. The van der Waals surface area contributed by atoms with E-state index in [0.717, 1.165) is 6.54 Å². The molecule has 0 aromatic carbocycles. The number of imidazole rings is 1. The van der Waals surface area contributed by atoms with E-state index >= 15 is 0 Å². The number of nitrogens with two attached hydrogens (primary N) is 1. The van der Waals surface area contributed by atoms with Gasteiger partial charge in [0.05, 0.1) is 0 Å². The molecule has 2 aromatic rings. The Hall–Kier alpha value is -2.22. The van der Waals surface area contributed by atoms with Gasteiger partial charge in [0.25, 0.3) is 0 Å². The van der Waals surface area contributed by atoms with Crippen LogP contribution in [-0.4, -0.2) is 31.0 Å². The number of nitrogen functional groups attached to an aromatic ring is 1. The van der Waals surface area contributed by atoms with Gasteiger partial charge in [0, 0.05) is 18.9 Å². The minimum absolute atomic E-state index is 0.324. The van der Waals surface area contributed by atoms with Gasteiger partial charge < -0.3 is 5.32 Å². The highest BCUT2D eigenvalue weighted by molar-refractivity contribution is 5.37. The van der Waals surface area contributed by atoms with E-state index in [0.29, 0.717) is 23.3 Å². The molecule has 1 aliphatic carbocycles. The van der Waals surface area contributed by atoms with Gasteiger partial charge in [-0.25, -0.2) is 10.8 Å². The van der Waals surface area contributed by atoms with Crippen molar-refractivity contribution in [2.45, 2.75) is 26.2 Å². The predicted octanol–water partition coefficient (Wildman–Crippen LogP) is 0.945. The molecule has 8 heteroatoms. The standard InChI is InChI=1S/C12H18N8/c1-12(3-2-4-12)7-15-9-16-10(19-13)18-11(17-9)20-6-5-14-8-20/h5-6,8H,2-4,7,13H2,1H3,(H2,15,16,17,18,19). The number of anilines is 2. The summed E-state index contributed by atoms with van der Waals surface area (Å²) in [6, 6.07) is 0. The maximum atomic E-state index is 5.40. The Morgan fingerprint density at radius 1 is 1.30 bits per heavy atom. The first-order valence-electron chi connectivity index (χ1n) is 6.63. The number of hydrogen-bond donors (Lipinski definition) is 3. The largest absolute Gasteiger partial charge is 0.353 e. The van der Waals surface area contributed by atoms with E-state index in [9.17, 15) is 0 Å².